The number of carboxylic acids is 1. The minimum absolute atomic E-state index is 0.248. The zero-order chi connectivity index (χ0) is 14.2. The Kier molecular flexibility index (Phi) is 3.62. The third kappa shape index (κ3) is 2.24. The number of hydrogen-bond acceptors (Lipinski definition) is 2. The van der Waals surface area contributed by atoms with E-state index in [0.29, 0.717) is 33.7 Å². The van der Waals surface area contributed by atoms with E-state index in [2.05, 4.69) is 0 Å². The van der Waals surface area contributed by atoms with E-state index in [-0.39, 0.29) is 11.8 Å². The summed E-state index contributed by atoms with van der Waals surface area (Å²) in [5, 5.41) is 9.90. The lowest BCUT2D eigenvalue weighted by atomic mass is 10.0. The molecule has 1 aromatic carbocycles. The summed E-state index contributed by atoms with van der Waals surface area (Å²) >= 11 is 6.17. The first-order valence-corrected chi connectivity index (χ1v) is 6.37. The molecule has 0 bridgehead atoms. The molecule has 0 fully saturated rings. The number of rotatable bonds is 3. The van der Waals surface area contributed by atoms with Gasteiger partial charge in [-0.1, -0.05) is 17.7 Å². The number of hydrogen-bond donors (Lipinski definition) is 1. The Labute approximate surface area is 115 Å². The highest BCUT2D eigenvalue weighted by molar-refractivity contribution is 6.35. The summed E-state index contributed by atoms with van der Waals surface area (Å²) < 4.78 is 1.89. The van der Waals surface area contributed by atoms with Gasteiger partial charge in [0.2, 0.25) is 0 Å². The van der Waals surface area contributed by atoms with Gasteiger partial charge in [-0.15, -0.1) is 0 Å². The average Bonchev–Trinajstić information content (AvgIpc) is 2.36. The van der Waals surface area contributed by atoms with Crippen molar-refractivity contribution in [2.24, 2.45) is 0 Å². The summed E-state index contributed by atoms with van der Waals surface area (Å²) in [5.41, 5.74) is 1.41. The van der Waals surface area contributed by atoms with Gasteiger partial charge in [-0.25, -0.2) is 0 Å². The molecule has 0 unspecified atom stereocenters. The van der Waals surface area contributed by atoms with Crippen molar-refractivity contribution in [1.82, 2.24) is 4.57 Å². The van der Waals surface area contributed by atoms with Crippen LogP contribution < -0.4 is 5.43 Å². The SMILES string of the molecule is CCn1c(C)c(CC(=O)O)c(=O)c2cccc(Cl)c21. The van der Waals surface area contributed by atoms with E-state index in [4.69, 9.17) is 16.7 Å². The van der Waals surface area contributed by atoms with Crippen LogP contribution in [0.3, 0.4) is 0 Å². The zero-order valence-electron chi connectivity index (χ0n) is 10.7. The first kappa shape index (κ1) is 13.6. The van der Waals surface area contributed by atoms with Crippen molar-refractivity contribution in [3.8, 4) is 0 Å². The molecule has 0 saturated carbocycles. The molecule has 1 aromatic heterocycles. The maximum Gasteiger partial charge on any atom is 0.308 e. The number of para-hydroxylation sites is 1. The first-order valence-electron chi connectivity index (χ1n) is 5.99. The lowest BCUT2D eigenvalue weighted by Crippen LogP contribution is -2.21. The normalized spacial score (nSPS) is 10.9. The quantitative estimate of drug-likeness (QED) is 0.939. The van der Waals surface area contributed by atoms with Gasteiger partial charge in [-0.3, -0.25) is 9.59 Å². The van der Waals surface area contributed by atoms with Gasteiger partial charge in [0, 0.05) is 23.2 Å². The fraction of sp³-hybridized carbons (Fsp3) is 0.286. The van der Waals surface area contributed by atoms with Crippen molar-refractivity contribution in [1.29, 1.82) is 0 Å². The number of aliphatic carboxylic acids is 1. The summed E-state index contributed by atoms with van der Waals surface area (Å²) in [6.07, 6.45) is -0.271. The Hall–Kier alpha value is -1.81. The smallest absolute Gasteiger partial charge is 0.308 e. The van der Waals surface area contributed by atoms with Crippen molar-refractivity contribution in [3.05, 3.63) is 44.7 Å². The summed E-state index contributed by atoms with van der Waals surface area (Å²) in [7, 11) is 0. The average molecular weight is 280 g/mol. The third-order valence-electron chi connectivity index (χ3n) is 3.26. The monoisotopic (exact) mass is 279 g/mol. The van der Waals surface area contributed by atoms with E-state index in [0.717, 1.165) is 0 Å². The number of fused-ring (bicyclic) bond motifs is 1. The van der Waals surface area contributed by atoms with Crippen LogP contribution in [0.25, 0.3) is 10.9 Å². The molecule has 2 rings (SSSR count). The Morgan fingerprint density at radius 2 is 2.11 bits per heavy atom. The van der Waals surface area contributed by atoms with E-state index in [1.807, 2.05) is 11.5 Å². The topological polar surface area (TPSA) is 59.3 Å². The molecule has 5 heteroatoms. The van der Waals surface area contributed by atoms with Crippen LogP contribution in [0.15, 0.2) is 23.0 Å². The molecular weight excluding hydrogens is 266 g/mol. The van der Waals surface area contributed by atoms with Gasteiger partial charge in [0.1, 0.15) is 0 Å². The minimum Gasteiger partial charge on any atom is -0.481 e. The highest BCUT2D eigenvalue weighted by Gasteiger charge is 2.16. The van der Waals surface area contributed by atoms with Crippen molar-refractivity contribution < 1.29 is 9.90 Å². The van der Waals surface area contributed by atoms with Gasteiger partial charge in [0.25, 0.3) is 0 Å². The van der Waals surface area contributed by atoms with Crippen LogP contribution >= 0.6 is 11.6 Å². The lowest BCUT2D eigenvalue weighted by Gasteiger charge is -2.16. The fourth-order valence-electron chi connectivity index (χ4n) is 2.39. The van der Waals surface area contributed by atoms with Crippen LogP contribution in [0.1, 0.15) is 18.2 Å². The molecule has 1 heterocycles. The number of benzene rings is 1. The number of nitrogens with zero attached hydrogens (tertiary/aromatic N) is 1. The second-order valence-corrected chi connectivity index (χ2v) is 4.75. The summed E-state index contributed by atoms with van der Waals surface area (Å²) in [6.45, 7) is 4.32. The molecule has 100 valence electrons. The molecule has 19 heavy (non-hydrogen) atoms. The molecule has 0 amide bonds. The van der Waals surface area contributed by atoms with Crippen molar-refractivity contribution in [3.63, 3.8) is 0 Å². The molecule has 4 nitrogen and oxygen atoms in total. The second kappa shape index (κ2) is 5.05. The Bertz CT molecular complexity index is 719. The van der Waals surface area contributed by atoms with E-state index in [9.17, 15) is 9.59 Å². The summed E-state index contributed by atoms with van der Waals surface area (Å²) in [4.78, 5) is 23.3. The Morgan fingerprint density at radius 1 is 1.42 bits per heavy atom. The van der Waals surface area contributed by atoms with Gasteiger partial charge in [-0.2, -0.15) is 0 Å². The van der Waals surface area contributed by atoms with Crippen LogP contribution in [-0.4, -0.2) is 15.6 Å². The van der Waals surface area contributed by atoms with Gasteiger partial charge >= 0.3 is 5.97 Å². The number of carbonyl (C=O) groups is 1. The van der Waals surface area contributed by atoms with Crippen LogP contribution in [0.5, 0.6) is 0 Å². The first-order chi connectivity index (χ1) is 8.97. The second-order valence-electron chi connectivity index (χ2n) is 4.34. The van der Waals surface area contributed by atoms with Crippen molar-refractivity contribution >= 4 is 28.5 Å². The molecule has 0 aliphatic carbocycles. The van der Waals surface area contributed by atoms with Gasteiger partial charge in [-0.05, 0) is 26.0 Å². The third-order valence-corrected chi connectivity index (χ3v) is 3.57. The molecule has 0 aliphatic heterocycles. The summed E-state index contributed by atoms with van der Waals surface area (Å²) in [6, 6.07) is 5.11. The molecule has 0 aliphatic rings. The van der Waals surface area contributed by atoms with Crippen molar-refractivity contribution in [2.75, 3.05) is 0 Å². The molecule has 0 atom stereocenters. The maximum absolute atomic E-state index is 12.4. The molecule has 2 aromatic rings. The predicted molar refractivity (Wildman–Crippen MR) is 75.0 cm³/mol. The highest BCUT2D eigenvalue weighted by Crippen LogP contribution is 2.24. The number of aryl methyl sites for hydroxylation is 1. The molecule has 1 N–H and O–H groups in total. The van der Waals surface area contributed by atoms with Crippen molar-refractivity contribution in [2.45, 2.75) is 26.8 Å². The molecule has 0 saturated heterocycles. The fourth-order valence-corrected chi connectivity index (χ4v) is 2.66. The molecular formula is C14H14ClNO3. The zero-order valence-corrected chi connectivity index (χ0v) is 11.5. The van der Waals surface area contributed by atoms with Crippen LogP contribution in [0.2, 0.25) is 5.02 Å². The number of carboxylic acid groups (broad SMARTS) is 1. The van der Waals surface area contributed by atoms with E-state index in [1.165, 1.54) is 0 Å². The molecule has 0 spiro atoms. The van der Waals surface area contributed by atoms with E-state index < -0.39 is 5.97 Å². The van der Waals surface area contributed by atoms with Crippen LogP contribution in [0, 0.1) is 6.92 Å². The van der Waals surface area contributed by atoms with E-state index >= 15 is 0 Å². The van der Waals surface area contributed by atoms with Crippen LogP contribution in [0.4, 0.5) is 0 Å². The predicted octanol–water partition coefficient (Wildman–Crippen LogP) is 2.61. The Morgan fingerprint density at radius 3 is 2.68 bits per heavy atom. The number of pyridine rings is 1. The van der Waals surface area contributed by atoms with Gasteiger partial charge in [0.05, 0.1) is 17.0 Å². The largest absolute Gasteiger partial charge is 0.481 e. The summed E-state index contributed by atoms with van der Waals surface area (Å²) in [5.74, 6) is -1.01. The Balaban J connectivity index is 2.95. The highest BCUT2D eigenvalue weighted by atomic mass is 35.5. The molecule has 0 radical (unpaired) electrons. The van der Waals surface area contributed by atoms with Gasteiger partial charge < -0.3 is 9.67 Å². The van der Waals surface area contributed by atoms with Crippen LogP contribution in [-0.2, 0) is 17.8 Å². The lowest BCUT2D eigenvalue weighted by molar-refractivity contribution is -0.136. The minimum atomic E-state index is -1.01. The van der Waals surface area contributed by atoms with E-state index in [1.54, 1.807) is 25.1 Å². The number of halogens is 1. The maximum atomic E-state index is 12.4. The standard InChI is InChI=1S/C14H14ClNO3/c1-3-16-8(2)10(7-12(17)18)14(19)9-5-4-6-11(15)13(9)16/h4-6H,3,7H2,1-2H3,(H,17,18). The van der Waals surface area contributed by atoms with Gasteiger partial charge in [0.15, 0.2) is 5.43 Å². The number of aromatic nitrogens is 1.